The number of amides is 3. The molecule has 4 atom stereocenters. The fraction of sp³-hybridized carbons (Fsp3) is 0.652. The van der Waals surface area contributed by atoms with E-state index in [1.165, 1.54) is 12.0 Å². The van der Waals surface area contributed by atoms with Crippen LogP contribution in [0.4, 0.5) is 71.9 Å². The van der Waals surface area contributed by atoms with Gasteiger partial charge in [-0.2, -0.15) is 52.7 Å². The number of alkyl halides is 12. The Kier molecular flexibility index (Phi) is 22.1. The summed E-state index contributed by atoms with van der Waals surface area (Å²) >= 11 is 4.60. The number of carbonyl (C=O) groups is 4. The Balaban J connectivity index is 0.000000447. The van der Waals surface area contributed by atoms with Gasteiger partial charge in [-0.25, -0.2) is 19.2 Å². The van der Waals surface area contributed by atoms with Crippen molar-refractivity contribution in [2.45, 2.75) is 167 Å². The van der Waals surface area contributed by atoms with Gasteiger partial charge in [0.25, 0.3) is 0 Å². The Morgan fingerprint density at radius 3 is 1.31 bits per heavy atom. The van der Waals surface area contributed by atoms with Crippen LogP contribution in [0.2, 0.25) is 0 Å². The molecule has 2 aliphatic heterocycles. The Hall–Kier alpha value is -4.87. The maximum atomic E-state index is 13.3. The number of nitrogens with zero attached hydrogens (tertiary/aromatic N) is 3. The second kappa shape index (κ2) is 25.2. The van der Waals surface area contributed by atoms with Crippen LogP contribution in [0.15, 0.2) is 36.4 Å². The second-order valence-corrected chi connectivity index (χ2v) is 18.9. The Bertz CT molecular complexity index is 2030. The van der Waals surface area contributed by atoms with E-state index >= 15 is 0 Å². The van der Waals surface area contributed by atoms with E-state index in [4.69, 9.17) is 14.2 Å². The maximum absolute atomic E-state index is 13.3. The van der Waals surface area contributed by atoms with Crippen molar-refractivity contribution in [3.63, 3.8) is 0 Å². The van der Waals surface area contributed by atoms with Gasteiger partial charge in [0, 0.05) is 61.9 Å². The maximum Gasteiger partial charge on any atom is 0.416 e. The zero-order valence-electron chi connectivity index (χ0n) is 40.9. The number of hydrogen-bond donors (Lipinski definition) is 1. The van der Waals surface area contributed by atoms with Gasteiger partial charge in [0.2, 0.25) is 0 Å². The number of nitrogens with one attached hydrogen (secondary N) is 1. The number of ether oxygens (including phenoxy) is 4. The minimum absolute atomic E-state index is 0.0401. The van der Waals surface area contributed by atoms with Crippen LogP contribution in [0.5, 0.6) is 0 Å². The molecule has 3 amide bonds. The third-order valence-corrected chi connectivity index (χ3v) is 11.0. The Labute approximate surface area is 409 Å². The first kappa shape index (κ1) is 62.2. The van der Waals surface area contributed by atoms with Gasteiger partial charge in [0.1, 0.15) is 11.2 Å². The highest BCUT2D eigenvalue weighted by atomic mass is 35.5. The molecule has 2 fully saturated rings. The molecule has 0 aromatic heterocycles. The van der Waals surface area contributed by atoms with Crippen molar-refractivity contribution in [2.24, 2.45) is 0 Å². The molecule has 25 heteroatoms. The molecule has 12 nitrogen and oxygen atoms in total. The normalized spacial score (nSPS) is 19.0. The summed E-state index contributed by atoms with van der Waals surface area (Å²) in [5.41, 5.74) is -8.13. The fourth-order valence-corrected chi connectivity index (χ4v) is 7.60. The first-order valence-corrected chi connectivity index (χ1v) is 22.6. The van der Waals surface area contributed by atoms with E-state index in [1.807, 2.05) is 13.8 Å². The smallest absolute Gasteiger partial charge is 0.416 e. The van der Waals surface area contributed by atoms with E-state index in [1.54, 1.807) is 46.4 Å². The van der Waals surface area contributed by atoms with Crippen molar-refractivity contribution in [3.05, 3.63) is 69.8 Å². The molecule has 0 saturated carbocycles. The molecule has 1 N–H and O–H groups in total. The number of hydrogen-bond acceptors (Lipinski definition) is 9. The highest BCUT2D eigenvalue weighted by Crippen LogP contribution is 2.39. The van der Waals surface area contributed by atoms with E-state index < -0.39 is 94.5 Å². The van der Waals surface area contributed by atoms with Gasteiger partial charge in [-0.3, -0.25) is 0 Å². The summed E-state index contributed by atoms with van der Waals surface area (Å²) < 4.78 is 177. The molecule has 2 heterocycles. The van der Waals surface area contributed by atoms with Crippen LogP contribution >= 0.6 is 11.6 Å². The summed E-state index contributed by atoms with van der Waals surface area (Å²) in [5.74, 6) is 0. The average molecular weight is 1060 g/mol. The fourth-order valence-electron chi connectivity index (χ4n) is 7.60. The quantitative estimate of drug-likeness (QED) is 0.156. The van der Waals surface area contributed by atoms with Gasteiger partial charge >= 0.3 is 48.4 Å². The number of likely N-dealkylation sites (tertiary alicyclic amines) is 2. The lowest BCUT2D eigenvalue weighted by molar-refractivity contribution is -0.144. The molecule has 404 valence electrons. The molecule has 71 heavy (non-hydrogen) atoms. The number of methoxy groups -OCH3 is 2. The van der Waals surface area contributed by atoms with Gasteiger partial charge < -0.3 is 39.0 Å². The van der Waals surface area contributed by atoms with Crippen LogP contribution in [0.3, 0.4) is 0 Å². The molecule has 0 aliphatic carbocycles. The SMILES string of the molecule is CCC1CC(N(Cc2cc(C(F)(F)F)cc(C(F)(F)F)c2)C(=O)OC)CCN1C(=O)OC(C)(C)C.CCC1CC(NCc2cc(C(F)(F)F)cc(C(F)(F)F)c2)CCN1C(=O)OC(C)(C)C.COC(=O)Cl. The topological polar surface area (TPSA) is 127 Å². The van der Waals surface area contributed by atoms with Gasteiger partial charge in [0.15, 0.2) is 0 Å². The molecule has 4 rings (SSSR count). The van der Waals surface area contributed by atoms with Crippen molar-refractivity contribution in [1.29, 1.82) is 0 Å². The third-order valence-electron chi connectivity index (χ3n) is 10.9. The predicted molar refractivity (Wildman–Crippen MR) is 236 cm³/mol. The zero-order chi connectivity index (χ0) is 54.7. The van der Waals surface area contributed by atoms with Gasteiger partial charge in [-0.05, 0) is 128 Å². The standard InChI is InChI=1S/C23H30F6N2O4.C21H28F6N2O2.C2H3ClO2/c1-6-17-12-18(7-8-30(17)20(33)35-21(2,3)4)31(19(32)34-5)13-14-9-15(22(24,25)26)11-16(10-14)23(27,28)29;1-5-17-11-16(6-7-29(17)18(30)31-19(2,3)4)28-12-13-8-14(20(22,23)24)10-15(9-13)21(25,26)27;1-5-2(3)4/h9-11,17-18H,6-8,12-13H2,1-5H3;8-10,16-17,28H,5-7,11-12H2,1-4H3;1H3. The van der Waals surface area contributed by atoms with E-state index in [0.29, 0.717) is 44.4 Å². The van der Waals surface area contributed by atoms with Crippen molar-refractivity contribution >= 4 is 35.3 Å². The number of piperidine rings is 2. The zero-order valence-corrected chi connectivity index (χ0v) is 41.6. The number of carbonyl (C=O) groups excluding carboxylic acids is 4. The summed E-state index contributed by atoms with van der Waals surface area (Å²) in [7, 11) is 2.30. The second-order valence-electron chi connectivity index (χ2n) is 18.6. The molecule has 0 radical (unpaired) electrons. The Morgan fingerprint density at radius 2 is 0.972 bits per heavy atom. The van der Waals surface area contributed by atoms with E-state index in [-0.39, 0.29) is 67.3 Å². The third kappa shape index (κ3) is 20.6. The van der Waals surface area contributed by atoms with Crippen molar-refractivity contribution in [3.8, 4) is 0 Å². The highest BCUT2D eigenvalue weighted by Gasteiger charge is 2.41. The molecule has 2 saturated heterocycles. The molecule has 0 bridgehead atoms. The summed E-state index contributed by atoms with van der Waals surface area (Å²) in [6, 6.07) is 1.62. The lowest BCUT2D eigenvalue weighted by Gasteiger charge is -2.43. The van der Waals surface area contributed by atoms with Crippen LogP contribution < -0.4 is 5.32 Å². The number of rotatable bonds is 8. The first-order chi connectivity index (χ1) is 32.3. The van der Waals surface area contributed by atoms with Crippen LogP contribution in [0, 0.1) is 0 Å². The summed E-state index contributed by atoms with van der Waals surface area (Å²) in [5, 5.41) is 3.05. The Morgan fingerprint density at radius 1 is 0.606 bits per heavy atom. The number of halogens is 13. The largest absolute Gasteiger partial charge is 0.457 e. The molecular weight excluding hydrogens is 1000 g/mol. The molecular formula is C46H61ClF12N4O8. The lowest BCUT2D eigenvalue weighted by atomic mass is 9.94. The molecule has 2 aromatic rings. The monoisotopic (exact) mass is 1060 g/mol. The van der Waals surface area contributed by atoms with E-state index in [2.05, 4.69) is 21.7 Å². The van der Waals surface area contributed by atoms with Crippen molar-refractivity contribution in [1.82, 2.24) is 20.0 Å². The number of benzene rings is 2. The van der Waals surface area contributed by atoms with Gasteiger partial charge in [-0.1, -0.05) is 13.8 Å². The van der Waals surface area contributed by atoms with Crippen LogP contribution in [-0.2, 0) is 56.7 Å². The van der Waals surface area contributed by atoms with E-state index in [0.717, 1.165) is 24.1 Å². The van der Waals surface area contributed by atoms with Crippen molar-refractivity contribution in [2.75, 3.05) is 27.3 Å². The van der Waals surface area contributed by atoms with Gasteiger partial charge in [0.05, 0.1) is 36.5 Å². The van der Waals surface area contributed by atoms with Crippen molar-refractivity contribution < 1.29 is 90.8 Å². The average Bonchev–Trinajstić information content (AvgIpc) is 3.24. The molecule has 0 spiro atoms. The van der Waals surface area contributed by atoms with E-state index in [9.17, 15) is 71.9 Å². The highest BCUT2D eigenvalue weighted by molar-refractivity contribution is 6.61. The summed E-state index contributed by atoms with van der Waals surface area (Å²) in [6.45, 7) is 14.1. The summed E-state index contributed by atoms with van der Waals surface area (Å²) in [4.78, 5) is 51.2. The van der Waals surface area contributed by atoms with Gasteiger partial charge in [-0.15, -0.1) is 0 Å². The predicted octanol–water partition coefficient (Wildman–Crippen LogP) is 13.5. The minimum Gasteiger partial charge on any atom is -0.457 e. The lowest BCUT2D eigenvalue weighted by Crippen LogP contribution is -2.53. The molecule has 4 unspecified atom stereocenters. The van der Waals surface area contributed by atoms with Crippen LogP contribution in [0.1, 0.15) is 127 Å². The van der Waals surface area contributed by atoms with Crippen LogP contribution in [0.25, 0.3) is 0 Å². The summed E-state index contributed by atoms with van der Waals surface area (Å²) in [6.07, 6.45) is -18.9. The molecule has 2 aliphatic rings. The molecule has 2 aromatic carbocycles. The van der Waals surface area contributed by atoms with Crippen LogP contribution in [-0.4, -0.2) is 101 Å². The minimum atomic E-state index is -5.00. The first-order valence-electron chi connectivity index (χ1n) is 22.2.